The molecule has 6 rings (SSSR count). The lowest BCUT2D eigenvalue weighted by molar-refractivity contribution is -0.119. The number of carbonyl (C=O) groups excluding carboxylic acids is 1. The van der Waals surface area contributed by atoms with E-state index in [-0.39, 0.29) is 17.5 Å². The van der Waals surface area contributed by atoms with Crippen LogP contribution in [0.15, 0.2) is 65.6 Å². The third-order valence-corrected chi connectivity index (χ3v) is 9.39. The number of hydrogen-bond acceptors (Lipinski definition) is 8. The highest BCUT2D eigenvalue weighted by atomic mass is 35.5. The maximum Gasteiger partial charge on any atom is 0.277 e. The number of benzene rings is 2. The molecular weight excluding hydrogens is 665 g/mol. The predicted molar refractivity (Wildman–Crippen MR) is 192 cm³/mol. The molecule has 1 aliphatic heterocycles. The number of aliphatic hydroxyl groups is 1. The molecule has 5 aromatic rings. The zero-order valence-corrected chi connectivity index (χ0v) is 29.3. The van der Waals surface area contributed by atoms with Crippen molar-refractivity contribution in [3.8, 4) is 39.4 Å². The molecule has 11 nitrogen and oxygen atoms in total. The summed E-state index contributed by atoms with van der Waals surface area (Å²) in [6.07, 6.45) is 3.18. The molecule has 256 valence electrons. The average molecular weight is 705 g/mol. The number of rotatable bonds is 12. The monoisotopic (exact) mass is 703 g/mol. The van der Waals surface area contributed by atoms with Gasteiger partial charge in [0.1, 0.15) is 11.3 Å². The smallest absolute Gasteiger partial charge is 0.277 e. The van der Waals surface area contributed by atoms with Crippen LogP contribution in [-0.4, -0.2) is 62.0 Å². The highest BCUT2D eigenvalue weighted by Gasteiger charge is 2.21. The molecule has 13 heteroatoms. The maximum absolute atomic E-state index is 13.3. The third-order valence-electron chi connectivity index (χ3n) is 8.57. The van der Waals surface area contributed by atoms with E-state index >= 15 is 0 Å². The van der Waals surface area contributed by atoms with Crippen LogP contribution in [0.25, 0.3) is 39.0 Å². The third kappa shape index (κ3) is 7.51. The predicted octanol–water partition coefficient (Wildman–Crippen LogP) is 4.97. The average Bonchev–Trinajstić information content (AvgIpc) is 3.69. The first-order valence-electron chi connectivity index (χ1n) is 16.1. The number of halogens is 2. The molecule has 0 spiro atoms. The van der Waals surface area contributed by atoms with E-state index in [1.807, 2.05) is 48.5 Å². The molecule has 4 N–H and O–H groups in total. The quantitative estimate of drug-likeness (QED) is 0.143. The summed E-state index contributed by atoms with van der Waals surface area (Å²) in [5.41, 5.74) is 4.50. The Morgan fingerprint density at radius 3 is 2.37 bits per heavy atom. The SMILES string of the molecule is COc1nc(-c2cccc(-c3cccc(-c4cc5c(=O)n(C)c(CNCC(C)(C)O)nn5c4)c3Cl)c2Cl)ccc1CNCC1CCC(=O)N1. The van der Waals surface area contributed by atoms with Crippen LogP contribution >= 0.6 is 23.2 Å². The van der Waals surface area contributed by atoms with Crippen molar-refractivity contribution in [3.63, 3.8) is 0 Å². The second kappa shape index (κ2) is 14.3. The summed E-state index contributed by atoms with van der Waals surface area (Å²) in [5, 5.41) is 25.2. The van der Waals surface area contributed by atoms with Crippen molar-refractivity contribution in [3.05, 3.63) is 92.6 Å². The molecule has 1 fully saturated rings. The van der Waals surface area contributed by atoms with Crippen LogP contribution in [0, 0.1) is 0 Å². The molecular formula is C36H39Cl2N7O4. The van der Waals surface area contributed by atoms with E-state index in [0.717, 1.165) is 39.8 Å². The minimum Gasteiger partial charge on any atom is -0.481 e. The van der Waals surface area contributed by atoms with Gasteiger partial charge in [0.05, 0.1) is 35.0 Å². The van der Waals surface area contributed by atoms with Crippen molar-refractivity contribution in [2.75, 3.05) is 20.2 Å². The van der Waals surface area contributed by atoms with Crippen LogP contribution in [0.4, 0.5) is 0 Å². The minimum atomic E-state index is -0.892. The Balaban J connectivity index is 1.27. The number of fused-ring (bicyclic) bond motifs is 1. The Labute approximate surface area is 294 Å². The fourth-order valence-electron chi connectivity index (χ4n) is 6.00. The molecule has 1 unspecified atom stereocenters. The van der Waals surface area contributed by atoms with Crippen LogP contribution in [0.3, 0.4) is 0 Å². The highest BCUT2D eigenvalue weighted by Crippen LogP contribution is 2.42. The molecule has 0 saturated carbocycles. The summed E-state index contributed by atoms with van der Waals surface area (Å²) in [7, 11) is 3.27. The lowest BCUT2D eigenvalue weighted by Crippen LogP contribution is -2.36. The first-order valence-corrected chi connectivity index (χ1v) is 16.8. The van der Waals surface area contributed by atoms with Crippen LogP contribution in [0.1, 0.15) is 38.1 Å². The van der Waals surface area contributed by atoms with Gasteiger partial charge in [0.25, 0.3) is 5.56 Å². The normalized spacial score (nSPS) is 14.8. The van der Waals surface area contributed by atoms with Gasteiger partial charge in [-0.1, -0.05) is 65.7 Å². The summed E-state index contributed by atoms with van der Waals surface area (Å²) in [4.78, 5) is 29.6. The van der Waals surface area contributed by atoms with Crippen LogP contribution in [0.2, 0.25) is 10.0 Å². The van der Waals surface area contributed by atoms with Crippen LogP contribution < -0.4 is 26.2 Å². The number of carbonyl (C=O) groups is 1. The molecule has 0 radical (unpaired) electrons. The number of pyridine rings is 1. The van der Waals surface area contributed by atoms with Gasteiger partial charge < -0.3 is 25.8 Å². The number of amides is 1. The molecule has 2 aromatic carbocycles. The van der Waals surface area contributed by atoms with Crippen molar-refractivity contribution < 1.29 is 14.6 Å². The van der Waals surface area contributed by atoms with Gasteiger partial charge in [-0.05, 0) is 32.4 Å². The summed E-state index contributed by atoms with van der Waals surface area (Å²) >= 11 is 14.2. The van der Waals surface area contributed by atoms with Gasteiger partial charge in [-0.15, -0.1) is 0 Å². The lowest BCUT2D eigenvalue weighted by atomic mass is 9.97. The van der Waals surface area contributed by atoms with E-state index < -0.39 is 5.60 Å². The van der Waals surface area contributed by atoms with E-state index in [0.29, 0.717) is 65.6 Å². The molecule has 1 saturated heterocycles. The number of nitrogens with zero attached hydrogens (tertiary/aromatic N) is 4. The van der Waals surface area contributed by atoms with E-state index in [9.17, 15) is 14.7 Å². The zero-order chi connectivity index (χ0) is 34.9. The zero-order valence-electron chi connectivity index (χ0n) is 27.8. The molecule has 1 aliphatic rings. The Morgan fingerprint density at radius 2 is 1.69 bits per heavy atom. The fourth-order valence-corrected chi connectivity index (χ4v) is 6.66. The second-order valence-corrected chi connectivity index (χ2v) is 13.6. The summed E-state index contributed by atoms with van der Waals surface area (Å²) in [5.74, 6) is 1.10. The van der Waals surface area contributed by atoms with Crippen molar-refractivity contribution in [1.82, 2.24) is 35.1 Å². The van der Waals surface area contributed by atoms with Crippen LogP contribution in [0.5, 0.6) is 5.88 Å². The minimum absolute atomic E-state index is 0.0907. The van der Waals surface area contributed by atoms with E-state index in [1.54, 1.807) is 44.8 Å². The van der Waals surface area contributed by atoms with Gasteiger partial charge in [0.2, 0.25) is 11.8 Å². The Hall–Kier alpha value is -4.26. The first kappa shape index (κ1) is 34.6. The van der Waals surface area contributed by atoms with Crippen molar-refractivity contribution in [2.24, 2.45) is 7.05 Å². The van der Waals surface area contributed by atoms with Crippen molar-refractivity contribution in [2.45, 2.75) is 51.4 Å². The number of hydrogen-bond donors (Lipinski definition) is 4. The summed E-state index contributed by atoms with van der Waals surface area (Å²) in [6, 6.07) is 17.2. The summed E-state index contributed by atoms with van der Waals surface area (Å²) < 4.78 is 8.71. The first-order chi connectivity index (χ1) is 23.4. The second-order valence-electron chi connectivity index (χ2n) is 12.9. The van der Waals surface area contributed by atoms with Gasteiger partial charge in [0.15, 0.2) is 0 Å². The topological polar surface area (TPSA) is 135 Å². The summed E-state index contributed by atoms with van der Waals surface area (Å²) in [6.45, 7) is 5.28. The number of ether oxygens (including phenoxy) is 1. The van der Waals surface area contributed by atoms with Gasteiger partial charge in [-0.25, -0.2) is 9.50 Å². The van der Waals surface area contributed by atoms with Gasteiger partial charge in [-0.2, -0.15) is 5.10 Å². The van der Waals surface area contributed by atoms with Crippen molar-refractivity contribution in [1.29, 1.82) is 0 Å². The maximum atomic E-state index is 13.3. The lowest BCUT2D eigenvalue weighted by Gasteiger charge is -2.18. The molecule has 0 bridgehead atoms. The van der Waals surface area contributed by atoms with Crippen molar-refractivity contribution >= 4 is 34.6 Å². The Bertz CT molecular complexity index is 2090. The molecule has 1 amide bonds. The number of nitrogens with one attached hydrogen (secondary N) is 3. The highest BCUT2D eigenvalue weighted by molar-refractivity contribution is 6.39. The van der Waals surface area contributed by atoms with E-state index in [2.05, 4.69) is 21.0 Å². The van der Waals surface area contributed by atoms with Gasteiger partial charge in [-0.3, -0.25) is 14.2 Å². The molecule has 49 heavy (non-hydrogen) atoms. The van der Waals surface area contributed by atoms with Crippen LogP contribution in [-0.2, 0) is 24.9 Å². The number of aromatic nitrogens is 4. The van der Waals surface area contributed by atoms with Gasteiger partial charge >= 0.3 is 0 Å². The molecule has 0 aliphatic carbocycles. The number of methoxy groups -OCH3 is 1. The molecule has 4 heterocycles. The largest absolute Gasteiger partial charge is 0.481 e. The Kier molecular flexibility index (Phi) is 10.1. The Morgan fingerprint density at radius 1 is 1.00 bits per heavy atom. The van der Waals surface area contributed by atoms with E-state index in [4.69, 9.17) is 32.9 Å². The molecule has 3 aromatic heterocycles. The standard InChI is InChI=1S/C36H39Cl2N7O4/c1-36(2,48)20-40-18-30-43-45-19-22(15-29(45)35(47)44(30)3)24-7-5-8-25(32(24)37)26-9-6-10-27(33(26)38)28-13-11-21(34(42-28)49-4)16-39-17-23-12-14-31(46)41-23/h5-11,13,15,19,23,39-40,48H,12,14,16-18,20H2,1-4H3,(H,41,46). The fraction of sp³-hybridized carbons (Fsp3) is 0.333. The molecule has 1 atom stereocenters. The van der Waals surface area contributed by atoms with E-state index in [1.165, 1.54) is 4.57 Å². The van der Waals surface area contributed by atoms with Gasteiger partial charge in [0, 0.05) is 78.7 Å².